The van der Waals surface area contributed by atoms with Gasteiger partial charge in [0.25, 0.3) is 5.56 Å². The third kappa shape index (κ3) is 4.00. The molecule has 0 radical (unpaired) electrons. The van der Waals surface area contributed by atoms with Crippen molar-refractivity contribution in [2.24, 2.45) is 0 Å². The molecular formula is C30H30N2O2. The molecule has 2 N–H and O–H groups in total. The first-order valence-electron chi connectivity index (χ1n) is 11.9. The summed E-state index contributed by atoms with van der Waals surface area (Å²) in [6.07, 6.45) is 8.67. The van der Waals surface area contributed by atoms with Gasteiger partial charge in [0, 0.05) is 23.0 Å². The predicted octanol–water partition coefficient (Wildman–Crippen LogP) is 5.60. The summed E-state index contributed by atoms with van der Waals surface area (Å²) in [5.74, 6) is 0. The molecule has 4 heteroatoms. The zero-order valence-electron chi connectivity index (χ0n) is 19.7. The van der Waals surface area contributed by atoms with Gasteiger partial charge in [-0.15, -0.1) is 0 Å². The number of allylic oxidation sites excluding steroid dienone is 4. The molecule has 172 valence electrons. The molecule has 1 atom stereocenters. The van der Waals surface area contributed by atoms with Crippen molar-refractivity contribution in [3.8, 4) is 0 Å². The molecule has 1 aromatic heterocycles. The zero-order chi connectivity index (χ0) is 23.7. The van der Waals surface area contributed by atoms with E-state index < -0.39 is 5.60 Å². The molecule has 1 aliphatic carbocycles. The van der Waals surface area contributed by atoms with Gasteiger partial charge in [0.1, 0.15) is 5.60 Å². The average Bonchev–Trinajstić information content (AvgIpc) is 2.86. The maximum atomic E-state index is 13.0. The summed E-state index contributed by atoms with van der Waals surface area (Å²) < 4.78 is 0. The number of hydrogen-bond donors (Lipinski definition) is 2. The van der Waals surface area contributed by atoms with Gasteiger partial charge in [-0.2, -0.15) is 0 Å². The molecule has 0 saturated heterocycles. The Labute approximate surface area is 199 Å². The second-order valence-electron chi connectivity index (χ2n) is 9.36. The van der Waals surface area contributed by atoms with Crippen LogP contribution in [0, 0.1) is 0 Å². The summed E-state index contributed by atoms with van der Waals surface area (Å²) in [6.45, 7) is 0.709. The second-order valence-corrected chi connectivity index (χ2v) is 9.36. The first-order valence-corrected chi connectivity index (χ1v) is 11.9. The van der Waals surface area contributed by atoms with Crippen molar-refractivity contribution in [1.82, 2.24) is 9.88 Å². The van der Waals surface area contributed by atoms with Crippen molar-refractivity contribution < 1.29 is 5.11 Å². The van der Waals surface area contributed by atoms with Crippen molar-refractivity contribution in [3.05, 3.63) is 112 Å². The second kappa shape index (κ2) is 9.05. The highest BCUT2D eigenvalue weighted by molar-refractivity contribution is 5.91. The third-order valence-corrected chi connectivity index (χ3v) is 6.80. The van der Waals surface area contributed by atoms with Crippen molar-refractivity contribution in [2.75, 3.05) is 20.6 Å². The minimum atomic E-state index is -1.24. The van der Waals surface area contributed by atoms with Crippen molar-refractivity contribution >= 4 is 27.2 Å². The van der Waals surface area contributed by atoms with Crippen LogP contribution in [0.3, 0.4) is 0 Å². The molecule has 4 aromatic rings. The summed E-state index contributed by atoms with van der Waals surface area (Å²) in [5.41, 5.74) is 2.65. The number of aromatic amines is 1. The van der Waals surface area contributed by atoms with Crippen LogP contribution >= 0.6 is 0 Å². The van der Waals surface area contributed by atoms with Crippen LogP contribution < -0.4 is 5.56 Å². The van der Waals surface area contributed by atoms with E-state index in [9.17, 15) is 9.90 Å². The molecule has 0 bridgehead atoms. The van der Waals surface area contributed by atoms with Crippen LogP contribution in [0.1, 0.15) is 36.0 Å². The van der Waals surface area contributed by atoms with Gasteiger partial charge in [-0.05, 0) is 73.0 Å². The maximum Gasteiger partial charge on any atom is 0.256 e. The molecule has 1 unspecified atom stereocenters. The lowest BCUT2D eigenvalue weighted by atomic mass is 9.79. The van der Waals surface area contributed by atoms with E-state index in [2.05, 4.69) is 40.2 Å². The van der Waals surface area contributed by atoms with E-state index in [1.165, 1.54) is 0 Å². The van der Waals surface area contributed by atoms with Gasteiger partial charge in [-0.3, -0.25) is 4.79 Å². The molecule has 5 rings (SSSR count). The smallest absolute Gasteiger partial charge is 0.256 e. The van der Waals surface area contributed by atoms with E-state index in [1.54, 1.807) is 0 Å². The fourth-order valence-electron chi connectivity index (χ4n) is 5.00. The molecule has 34 heavy (non-hydrogen) atoms. The van der Waals surface area contributed by atoms with Gasteiger partial charge in [-0.1, -0.05) is 72.8 Å². The number of rotatable bonds is 6. The van der Waals surface area contributed by atoms with E-state index >= 15 is 0 Å². The van der Waals surface area contributed by atoms with Crippen LogP contribution in [-0.2, 0) is 5.60 Å². The minimum absolute atomic E-state index is 0.107. The number of nitrogens with one attached hydrogen (secondary N) is 1. The Morgan fingerprint density at radius 2 is 1.68 bits per heavy atom. The number of aliphatic hydroxyl groups is 1. The normalized spacial score (nSPS) is 15.6. The first kappa shape index (κ1) is 22.3. The highest BCUT2D eigenvalue weighted by Crippen LogP contribution is 2.40. The van der Waals surface area contributed by atoms with Crippen LogP contribution in [0.25, 0.3) is 27.2 Å². The highest BCUT2D eigenvalue weighted by atomic mass is 16.3. The molecule has 0 fully saturated rings. The molecule has 3 aromatic carbocycles. The lowest BCUT2D eigenvalue weighted by Crippen LogP contribution is -2.32. The molecular weight excluding hydrogens is 420 g/mol. The fourth-order valence-corrected chi connectivity index (χ4v) is 5.00. The number of aromatic nitrogens is 1. The molecule has 4 nitrogen and oxygen atoms in total. The van der Waals surface area contributed by atoms with Crippen LogP contribution in [0.15, 0.2) is 89.8 Å². The fraction of sp³-hybridized carbons (Fsp3) is 0.233. The third-order valence-electron chi connectivity index (χ3n) is 6.80. The number of nitrogens with zero attached hydrogens (tertiary/aromatic N) is 1. The van der Waals surface area contributed by atoms with Gasteiger partial charge in [0.05, 0.1) is 0 Å². The topological polar surface area (TPSA) is 56.3 Å². The number of benzene rings is 3. The Bertz CT molecular complexity index is 1470. The van der Waals surface area contributed by atoms with Crippen LogP contribution in [0.2, 0.25) is 0 Å². The van der Waals surface area contributed by atoms with E-state index in [4.69, 9.17) is 0 Å². The summed E-state index contributed by atoms with van der Waals surface area (Å²) in [6, 6.07) is 22.1. The Morgan fingerprint density at radius 3 is 2.44 bits per heavy atom. The lowest BCUT2D eigenvalue weighted by Gasteiger charge is -2.33. The standard InChI is InChI=1S/C30H30N2O2/c1-32(2)19-18-30(34,26-15-8-13-21-12-6-7-14-23(21)26)27-16-9-17-28-25(27)20-24(29(33)31-28)22-10-4-3-5-11-22/h4,6-17,20,34H,3,5,18-19H2,1-2H3,(H,31,33). The average molecular weight is 451 g/mol. The quantitative estimate of drug-likeness (QED) is 0.402. The number of fused-ring (bicyclic) bond motifs is 2. The predicted molar refractivity (Wildman–Crippen MR) is 141 cm³/mol. The maximum absolute atomic E-state index is 13.0. The first-order chi connectivity index (χ1) is 16.5. The SMILES string of the molecule is CN(C)CCC(O)(c1cccc2ccccc12)c1cccc2[nH]c(=O)c(C3=CCCC=C3)cc12. The Balaban J connectivity index is 1.78. The van der Waals surface area contributed by atoms with E-state index in [-0.39, 0.29) is 5.56 Å². The highest BCUT2D eigenvalue weighted by Gasteiger charge is 2.34. The lowest BCUT2D eigenvalue weighted by molar-refractivity contribution is 0.0658. The van der Waals surface area contributed by atoms with Crippen LogP contribution in [-0.4, -0.2) is 35.6 Å². The van der Waals surface area contributed by atoms with E-state index in [0.29, 0.717) is 18.5 Å². The van der Waals surface area contributed by atoms with Gasteiger partial charge in [-0.25, -0.2) is 0 Å². The number of pyridine rings is 1. The van der Waals surface area contributed by atoms with Gasteiger partial charge in [0.15, 0.2) is 0 Å². The largest absolute Gasteiger partial charge is 0.380 e. The van der Waals surface area contributed by atoms with Crippen molar-refractivity contribution in [1.29, 1.82) is 0 Å². The number of H-pyrrole nitrogens is 1. The van der Waals surface area contributed by atoms with E-state index in [1.807, 2.05) is 68.7 Å². The summed E-state index contributed by atoms with van der Waals surface area (Å²) >= 11 is 0. The molecule has 0 amide bonds. The minimum Gasteiger partial charge on any atom is -0.380 e. The number of hydrogen-bond acceptors (Lipinski definition) is 3. The Hall–Kier alpha value is -3.47. The summed E-state index contributed by atoms with van der Waals surface area (Å²) in [7, 11) is 4.04. The monoisotopic (exact) mass is 450 g/mol. The molecule has 1 aliphatic rings. The van der Waals surface area contributed by atoms with E-state index in [0.717, 1.165) is 51.2 Å². The van der Waals surface area contributed by atoms with Gasteiger partial charge < -0.3 is 15.0 Å². The molecule has 1 heterocycles. The van der Waals surface area contributed by atoms with Crippen molar-refractivity contribution in [3.63, 3.8) is 0 Å². The molecule has 0 aliphatic heterocycles. The molecule has 0 spiro atoms. The van der Waals surface area contributed by atoms with Gasteiger partial charge in [0.2, 0.25) is 0 Å². The molecule has 0 saturated carbocycles. The van der Waals surface area contributed by atoms with Crippen molar-refractivity contribution in [2.45, 2.75) is 24.9 Å². The van der Waals surface area contributed by atoms with Gasteiger partial charge >= 0.3 is 0 Å². The van der Waals surface area contributed by atoms with Crippen LogP contribution in [0.4, 0.5) is 0 Å². The summed E-state index contributed by atoms with van der Waals surface area (Å²) in [5, 5.41) is 15.5. The summed E-state index contributed by atoms with van der Waals surface area (Å²) in [4.78, 5) is 18.1. The Kier molecular flexibility index (Phi) is 5.94. The van der Waals surface area contributed by atoms with Crippen LogP contribution in [0.5, 0.6) is 0 Å². The zero-order valence-corrected chi connectivity index (χ0v) is 19.7. The Morgan fingerprint density at radius 1 is 0.941 bits per heavy atom.